The van der Waals surface area contributed by atoms with Crippen molar-refractivity contribution in [2.45, 2.75) is 32.7 Å². The third kappa shape index (κ3) is 3.10. The number of rotatable bonds is 5. The molecule has 104 valence electrons. The highest BCUT2D eigenvalue weighted by molar-refractivity contribution is 5.85. The molecule has 1 aromatic heterocycles. The first kappa shape index (κ1) is 13.5. The highest BCUT2D eigenvalue weighted by atomic mass is 16.4. The van der Waals surface area contributed by atoms with Gasteiger partial charge in [0.25, 0.3) is 0 Å². The fourth-order valence-corrected chi connectivity index (χ4v) is 2.66. The summed E-state index contributed by atoms with van der Waals surface area (Å²) in [5.74, 6) is -1.21. The molecular weight excluding hydrogens is 248 g/mol. The molecule has 3 N–H and O–H groups in total. The third-order valence-electron chi connectivity index (χ3n) is 3.79. The van der Waals surface area contributed by atoms with Crippen LogP contribution in [0.1, 0.15) is 32.0 Å². The predicted molar refractivity (Wildman–Crippen MR) is 65.9 cm³/mol. The number of nitrogens with zero attached hydrogens (tertiary/aromatic N) is 2. The molecule has 1 aliphatic rings. The monoisotopic (exact) mass is 266 g/mol. The first-order chi connectivity index (χ1) is 9.11. The normalized spacial score (nSPS) is 26.3. The third-order valence-corrected chi connectivity index (χ3v) is 3.79. The van der Waals surface area contributed by atoms with Crippen LogP contribution in [0.3, 0.4) is 0 Å². The van der Waals surface area contributed by atoms with Gasteiger partial charge >= 0.3 is 5.97 Å². The van der Waals surface area contributed by atoms with Crippen molar-refractivity contribution in [2.24, 2.45) is 17.8 Å². The van der Waals surface area contributed by atoms with Crippen molar-refractivity contribution in [3.63, 3.8) is 0 Å². The lowest BCUT2D eigenvalue weighted by atomic mass is 9.95. The minimum atomic E-state index is -0.879. The fourth-order valence-electron chi connectivity index (χ4n) is 2.66. The summed E-state index contributed by atoms with van der Waals surface area (Å²) >= 11 is 0. The van der Waals surface area contributed by atoms with E-state index >= 15 is 0 Å². The van der Waals surface area contributed by atoms with E-state index in [0.29, 0.717) is 24.6 Å². The van der Waals surface area contributed by atoms with Gasteiger partial charge in [-0.05, 0) is 18.8 Å². The van der Waals surface area contributed by atoms with Crippen LogP contribution in [-0.4, -0.2) is 32.2 Å². The van der Waals surface area contributed by atoms with Crippen LogP contribution in [0.5, 0.6) is 0 Å². The molecule has 0 bridgehead atoms. The summed E-state index contributed by atoms with van der Waals surface area (Å²) in [7, 11) is 0. The van der Waals surface area contributed by atoms with Gasteiger partial charge < -0.3 is 10.4 Å². The zero-order valence-corrected chi connectivity index (χ0v) is 10.8. The molecule has 1 saturated carbocycles. The van der Waals surface area contributed by atoms with Crippen LogP contribution >= 0.6 is 0 Å². The van der Waals surface area contributed by atoms with E-state index < -0.39 is 17.8 Å². The Labute approximate surface area is 110 Å². The number of hydrogen-bond acceptors (Lipinski definition) is 4. The van der Waals surface area contributed by atoms with Gasteiger partial charge in [-0.25, -0.2) is 4.98 Å². The van der Waals surface area contributed by atoms with Crippen LogP contribution in [-0.2, 0) is 16.1 Å². The minimum Gasteiger partial charge on any atom is -0.481 e. The van der Waals surface area contributed by atoms with Crippen LogP contribution in [0, 0.1) is 17.8 Å². The van der Waals surface area contributed by atoms with Gasteiger partial charge in [-0.1, -0.05) is 13.3 Å². The SMILES string of the molecule is CCC1C[C@H](C(=O)NCc2ncn[nH]2)[C@H](C(=O)O)C1. The van der Waals surface area contributed by atoms with Crippen molar-refractivity contribution in [2.75, 3.05) is 0 Å². The summed E-state index contributed by atoms with van der Waals surface area (Å²) < 4.78 is 0. The topological polar surface area (TPSA) is 108 Å². The summed E-state index contributed by atoms with van der Waals surface area (Å²) in [5.41, 5.74) is 0. The van der Waals surface area contributed by atoms with Gasteiger partial charge in [0.15, 0.2) is 0 Å². The number of carboxylic acid groups (broad SMARTS) is 1. The standard InChI is InChI=1S/C12H18N4O3/c1-2-7-3-8(9(4-7)12(18)19)11(17)13-5-10-14-6-15-16-10/h6-9H,2-5H2,1H3,(H,13,17)(H,18,19)(H,14,15,16)/t7?,8-,9+/m0/s1. The Hall–Kier alpha value is -1.92. The molecule has 1 amide bonds. The van der Waals surface area contributed by atoms with E-state index in [1.165, 1.54) is 6.33 Å². The first-order valence-electron chi connectivity index (χ1n) is 6.46. The lowest BCUT2D eigenvalue weighted by Crippen LogP contribution is -2.35. The Morgan fingerprint density at radius 2 is 2.21 bits per heavy atom. The van der Waals surface area contributed by atoms with Crippen LogP contribution in [0.4, 0.5) is 0 Å². The summed E-state index contributed by atoms with van der Waals surface area (Å²) in [6.45, 7) is 2.27. The zero-order valence-electron chi connectivity index (χ0n) is 10.8. The first-order valence-corrected chi connectivity index (χ1v) is 6.46. The lowest BCUT2D eigenvalue weighted by molar-refractivity contribution is -0.146. The lowest BCUT2D eigenvalue weighted by Gasteiger charge is -2.14. The molecule has 0 aromatic carbocycles. The molecule has 1 fully saturated rings. The van der Waals surface area contributed by atoms with Crippen molar-refractivity contribution >= 4 is 11.9 Å². The van der Waals surface area contributed by atoms with Gasteiger partial charge in [0.05, 0.1) is 18.4 Å². The molecule has 1 heterocycles. The Morgan fingerprint density at radius 3 is 2.79 bits per heavy atom. The van der Waals surface area contributed by atoms with Crippen molar-refractivity contribution in [1.82, 2.24) is 20.5 Å². The Morgan fingerprint density at radius 1 is 1.47 bits per heavy atom. The quantitative estimate of drug-likeness (QED) is 0.721. The maximum absolute atomic E-state index is 12.1. The second-order valence-corrected chi connectivity index (χ2v) is 4.95. The Kier molecular flexibility index (Phi) is 4.13. The van der Waals surface area contributed by atoms with E-state index in [2.05, 4.69) is 20.5 Å². The Balaban J connectivity index is 1.94. The zero-order chi connectivity index (χ0) is 13.8. The molecule has 1 unspecified atom stereocenters. The summed E-state index contributed by atoms with van der Waals surface area (Å²) in [6, 6.07) is 0. The van der Waals surface area contributed by atoms with E-state index in [4.69, 9.17) is 0 Å². The maximum atomic E-state index is 12.1. The van der Waals surface area contributed by atoms with E-state index in [1.54, 1.807) is 0 Å². The second-order valence-electron chi connectivity index (χ2n) is 4.95. The minimum absolute atomic E-state index is 0.209. The van der Waals surface area contributed by atoms with Crippen LogP contribution in [0.2, 0.25) is 0 Å². The molecule has 0 spiro atoms. The number of carbonyl (C=O) groups excluding carboxylic acids is 1. The average Bonchev–Trinajstić information content (AvgIpc) is 3.04. The summed E-state index contributed by atoms with van der Waals surface area (Å²) in [6.07, 6.45) is 3.52. The number of hydrogen-bond donors (Lipinski definition) is 3. The number of nitrogens with one attached hydrogen (secondary N) is 2. The molecule has 19 heavy (non-hydrogen) atoms. The maximum Gasteiger partial charge on any atom is 0.307 e. The van der Waals surface area contributed by atoms with Gasteiger partial charge in [0.1, 0.15) is 12.2 Å². The van der Waals surface area contributed by atoms with Crippen molar-refractivity contribution in [3.05, 3.63) is 12.2 Å². The molecule has 2 rings (SSSR count). The molecule has 1 aromatic rings. The smallest absolute Gasteiger partial charge is 0.307 e. The molecule has 0 radical (unpaired) electrons. The molecule has 0 aliphatic heterocycles. The fraction of sp³-hybridized carbons (Fsp3) is 0.667. The van der Waals surface area contributed by atoms with Gasteiger partial charge in [-0.15, -0.1) is 0 Å². The van der Waals surface area contributed by atoms with Crippen LogP contribution < -0.4 is 5.32 Å². The molecule has 3 atom stereocenters. The van der Waals surface area contributed by atoms with Crippen LogP contribution in [0.15, 0.2) is 6.33 Å². The highest BCUT2D eigenvalue weighted by Gasteiger charge is 2.41. The molecule has 0 saturated heterocycles. The average molecular weight is 266 g/mol. The molecular formula is C12H18N4O3. The highest BCUT2D eigenvalue weighted by Crippen LogP contribution is 2.38. The number of aromatic amines is 1. The largest absolute Gasteiger partial charge is 0.481 e. The van der Waals surface area contributed by atoms with Gasteiger partial charge in [0, 0.05) is 0 Å². The van der Waals surface area contributed by atoms with E-state index in [9.17, 15) is 14.7 Å². The van der Waals surface area contributed by atoms with Gasteiger partial charge in [-0.3, -0.25) is 14.7 Å². The summed E-state index contributed by atoms with van der Waals surface area (Å²) in [5, 5.41) is 18.2. The van der Waals surface area contributed by atoms with Gasteiger partial charge in [-0.2, -0.15) is 5.10 Å². The summed E-state index contributed by atoms with van der Waals surface area (Å²) in [4.78, 5) is 27.2. The molecule has 7 nitrogen and oxygen atoms in total. The van der Waals surface area contributed by atoms with Crippen molar-refractivity contribution in [1.29, 1.82) is 0 Å². The number of H-pyrrole nitrogens is 1. The second kappa shape index (κ2) is 5.81. The van der Waals surface area contributed by atoms with E-state index in [-0.39, 0.29) is 12.5 Å². The van der Waals surface area contributed by atoms with Crippen LogP contribution in [0.25, 0.3) is 0 Å². The number of aliphatic carboxylic acids is 1. The number of carboxylic acids is 1. The van der Waals surface area contributed by atoms with Gasteiger partial charge in [0.2, 0.25) is 5.91 Å². The number of aromatic nitrogens is 3. The van der Waals surface area contributed by atoms with E-state index in [0.717, 1.165) is 6.42 Å². The Bertz CT molecular complexity index is 446. The number of amides is 1. The molecule has 7 heteroatoms. The van der Waals surface area contributed by atoms with Crippen molar-refractivity contribution in [3.8, 4) is 0 Å². The number of carbonyl (C=O) groups is 2. The predicted octanol–water partition coefficient (Wildman–Crippen LogP) is 0.558. The van der Waals surface area contributed by atoms with Crippen molar-refractivity contribution < 1.29 is 14.7 Å². The van der Waals surface area contributed by atoms with E-state index in [1.807, 2.05) is 6.92 Å². The molecule has 1 aliphatic carbocycles.